The molecule has 5 rings (SSSR count). The number of ether oxygens (including phenoxy) is 4. The average Bonchev–Trinajstić information content (AvgIpc) is 3.46. The van der Waals surface area contributed by atoms with E-state index < -0.39 is 17.8 Å². The van der Waals surface area contributed by atoms with E-state index in [0.717, 1.165) is 81.6 Å². The molecule has 3 atom stereocenters. The Morgan fingerprint density at radius 2 is 2.05 bits per heavy atom. The number of methoxy groups -OCH3 is 2. The number of nitrogens with one attached hydrogen (secondary N) is 1. The zero-order valence-corrected chi connectivity index (χ0v) is 26.6. The number of carboxylic acid groups (broad SMARTS) is 1. The van der Waals surface area contributed by atoms with Crippen LogP contribution in [0.4, 0.5) is 10.2 Å². The minimum absolute atomic E-state index is 0.0246. The van der Waals surface area contributed by atoms with Crippen molar-refractivity contribution in [2.45, 2.75) is 89.9 Å². The Hall–Kier alpha value is -2.95. The van der Waals surface area contributed by atoms with Gasteiger partial charge in [-0.2, -0.15) is 0 Å². The van der Waals surface area contributed by atoms with Crippen molar-refractivity contribution in [1.29, 1.82) is 0 Å². The van der Waals surface area contributed by atoms with Gasteiger partial charge >= 0.3 is 5.97 Å². The highest BCUT2D eigenvalue weighted by molar-refractivity contribution is 5.77. The van der Waals surface area contributed by atoms with Crippen LogP contribution in [0.5, 0.6) is 11.5 Å². The smallest absolute Gasteiger partial charge is 0.325 e. The summed E-state index contributed by atoms with van der Waals surface area (Å²) in [6, 6.07) is 4.22. The van der Waals surface area contributed by atoms with Gasteiger partial charge in [-0.15, -0.1) is 0 Å². The maximum Gasteiger partial charge on any atom is 0.325 e. The van der Waals surface area contributed by atoms with Crippen molar-refractivity contribution in [2.24, 2.45) is 5.41 Å². The van der Waals surface area contributed by atoms with Gasteiger partial charge in [-0.05, 0) is 74.5 Å². The van der Waals surface area contributed by atoms with Gasteiger partial charge in [-0.3, -0.25) is 9.69 Å². The molecule has 2 aromatic rings. The van der Waals surface area contributed by atoms with Gasteiger partial charge in [0.25, 0.3) is 0 Å². The number of pyridine rings is 1. The largest absolute Gasteiger partial charge is 0.496 e. The summed E-state index contributed by atoms with van der Waals surface area (Å²) in [5.41, 5.74) is 3.27. The molecule has 44 heavy (non-hydrogen) atoms. The second kappa shape index (κ2) is 14.4. The van der Waals surface area contributed by atoms with E-state index >= 15 is 4.39 Å². The van der Waals surface area contributed by atoms with Gasteiger partial charge in [0.15, 0.2) is 11.6 Å². The van der Waals surface area contributed by atoms with E-state index in [9.17, 15) is 9.90 Å². The van der Waals surface area contributed by atoms with Crippen molar-refractivity contribution in [3.8, 4) is 11.5 Å². The minimum atomic E-state index is -1.04. The van der Waals surface area contributed by atoms with E-state index in [1.165, 1.54) is 18.7 Å². The van der Waals surface area contributed by atoms with Crippen LogP contribution in [-0.2, 0) is 27.1 Å². The van der Waals surface area contributed by atoms with Gasteiger partial charge in [0, 0.05) is 49.1 Å². The predicted molar refractivity (Wildman–Crippen MR) is 166 cm³/mol. The molecule has 9 nitrogen and oxygen atoms in total. The zero-order valence-electron chi connectivity index (χ0n) is 26.6. The molecular formula is C34H48FN3O6. The van der Waals surface area contributed by atoms with Crippen molar-refractivity contribution < 1.29 is 33.2 Å². The summed E-state index contributed by atoms with van der Waals surface area (Å²) in [7, 11) is 3.10. The van der Waals surface area contributed by atoms with Crippen molar-refractivity contribution in [2.75, 3.05) is 52.4 Å². The van der Waals surface area contributed by atoms with Crippen molar-refractivity contribution in [3.05, 3.63) is 46.4 Å². The number of carbonyl (C=O) groups is 1. The van der Waals surface area contributed by atoms with Gasteiger partial charge < -0.3 is 29.4 Å². The number of aromatic nitrogens is 1. The first kappa shape index (κ1) is 32.4. The molecule has 0 radical (unpaired) electrons. The number of hydrogen-bond donors (Lipinski definition) is 2. The molecule has 0 spiro atoms. The summed E-state index contributed by atoms with van der Waals surface area (Å²) in [5.74, 6) is 0.256. The van der Waals surface area contributed by atoms with Gasteiger partial charge in [0.05, 0.1) is 33.0 Å². The standard InChI is InChI=1S/C34H48FN3O6/c1-34(2)13-11-28(44-21-34)22-17-26(31(42-4)27(35)18-22)30(33(39)40)38-15-12-24(20-38)43-16-7-5-6-9-23-19-29(41-3)25-10-8-14-36-32(25)37-23/h17-19,24,28,30H,5-16,20-21H2,1-4H3,(H,36,37)(H,39,40)/t24-,28-,30-/m1/s1. The van der Waals surface area contributed by atoms with Gasteiger partial charge in [0.1, 0.15) is 17.6 Å². The van der Waals surface area contributed by atoms with Crippen molar-refractivity contribution >= 4 is 11.8 Å². The molecule has 0 amide bonds. The third-order valence-corrected chi connectivity index (χ3v) is 9.18. The summed E-state index contributed by atoms with van der Waals surface area (Å²) in [5, 5.41) is 13.7. The molecule has 2 N–H and O–H groups in total. The van der Waals surface area contributed by atoms with E-state index in [4.69, 9.17) is 23.9 Å². The highest BCUT2D eigenvalue weighted by Gasteiger charge is 2.38. The van der Waals surface area contributed by atoms with Crippen LogP contribution in [0.25, 0.3) is 0 Å². The first-order chi connectivity index (χ1) is 21.2. The average molecular weight is 614 g/mol. The maximum atomic E-state index is 15.3. The van der Waals surface area contributed by atoms with Gasteiger partial charge in [-0.1, -0.05) is 20.3 Å². The molecule has 2 saturated heterocycles. The number of hydrogen-bond acceptors (Lipinski definition) is 8. The Balaban J connectivity index is 1.13. The lowest BCUT2D eigenvalue weighted by Crippen LogP contribution is -2.34. The Morgan fingerprint density at radius 3 is 2.77 bits per heavy atom. The van der Waals surface area contributed by atoms with E-state index in [-0.39, 0.29) is 23.4 Å². The molecule has 0 unspecified atom stereocenters. The van der Waals surface area contributed by atoms with Crippen LogP contribution in [0.1, 0.15) is 93.3 Å². The van der Waals surface area contributed by atoms with E-state index in [2.05, 4.69) is 25.2 Å². The second-order valence-electron chi connectivity index (χ2n) is 13.1. The fourth-order valence-electron chi connectivity index (χ4n) is 6.72. The molecule has 4 heterocycles. The van der Waals surface area contributed by atoms with Crippen LogP contribution in [0.2, 0.25) is 0 Å². The highest BCUT2D eigenvalue weighted by atomic mass is 19.1. The Labute approximate surface area is 260 Å². The number of nitrogens with zero attached hydrogens (tertiary/aromatic N) is 2. The summed E-state index contributed by atoms with van der Waals surface area (Å²) in [6.45, 7) is 7.45. The molecule has 3 aliphatic rings. The maximum absolute atomic E-state index is 15.3. The summed E-state index contributed by atoms with van der Waals surface area (Å²) >= 11 is 0. The summed E-state index contributed by atoms with van der Waals surface area (Å²) in [4.78, 5) is 19.3. The predicted octanol–water partition coefficient (Wildman–Crippen LogP) is 6.10. The lowest BCUT2D eigenvalue weighted by atomic mass is 9.83. The van der Waals surface area contributed by atoms with Crippen LogP contribution in [-0.4, -0.2) is 74.1 Å². The number of anilines is 1. The first-order valence-electron chi connectivity index (χ1n) is 16.1. The molecule has 0 aliphatic carbocycles. The number of unbranched alkanes of at least 4 members (excludes halogenated alkanes) is 2. The van der Waals surface area contributed by atoms with E-state index in [1.807, 2.05) is 4.90 Å². The third-order valence-electron chi connectivity index (χ3n) is 9.18. The number of rotatable bonds is 13. The molecule has 0 bridgehead atoms. The lowest BCUT2D eigenvalue weighted by Gasteiger charge is -2.35. The lowest BCUT2D eigenvalue weighted by molar-refractivity contribution is -0.143. The third kappa shape index (κ3) is 7.64. The normalized spacial score (nSPS) is 22.2. The molecule has 1 aromatic heterocycles. The zero-order chi connectivity index (χ0) is 31.3. The SMILES string of the molecule is COc1cc(CCCCCO[C@@H]2CCN([C@@H](C(=O)O)c3cc([C@H]4CCC(C)(C)CO4)cc(F)c3OC)C2)nc2c1CCCN2. The number of halogens is 1. The molecule has 0 saturated carbocycles. The molecule has 3 aliphatic heterocycles. The topological polar surface area (TPSA) is 102 Å². The number of fused-ring (bicyclic) bond motifs is 1. The van der Waals surface area contributed by atoms with Crippen molar-refractivity contribution in [1.82, 2.24) is 9.88 Å². The molecular weight excluding hydrogens is 565 g/mol. The molecule has 242 valence electrons. The fourth-order valence-corrected chi connectivity index (χ4v) is 6.72. The van der Waals surface area contributed by atoms with E-state index in [0.29, 0.717) is 37.4 Å². The Kier molecular flexibility index (Phi) is 10.6. The number of aryl methyl sites for hydroxylation is 1. The fraction of sp³-hybridized carbons (Fsp3) is 0.647. The van der Waals surface area contributed by atoms with E-state index in [1.54, 1.807) is 13.2 Å². The number of benzene rings is 1. The van der Waals surface area contributed by atoms with Crippen molar-refractivity contribution in [3.63, 3.8) is 0 Å². The molecule has 2 fully saturated rings. The van der Waals surface area contributed by atoms with Gasteiger partial charge in [0.2, 0.25) is 0 Å². The van der Waals surface area contributed by atoms with Crippen LogP contribution < -0.4 is 14.8 Å². The van der Waals surface area contributed by atoms with Crippen LogP contribution in [0.3, 0.4) is 0 Å². The van der Waals surface area contributed by atoms with Gasteiger partial charge in [-0.25, -0.2) is 9.37 Å². The molecule has 1 aromatic carbocycles. The van der Waals surface area contributed by atoms with Crippen LogP contribution in [0, 0.1) is 11.2 Å². The summed E-state index contributed by atoms with van der Waals surface area (Å²) < 4.78 is 38.5. The highest BCUT2D eigenvalue weighted by Crippen LogP contribution is 2.41. The monoisotopic (exact) mass is 613 g/mol. The number of aliphatic carboxylic acids is 1. The number of likely N-dealkylation sites (tertiary alicyclic amines) is 1. The number of carboxylic acids is 1. The quantitative estimate of drug-likeness (QED) is 0.259. The first-order valence-corrected chi connectivity index (χ1v) is 16.1. The summed E-state index contributed by atoms with van der Waals surface area (Å²) in [6.07, 6.45) is 7.97. The minimum Gasteiger partial charge on any atom is -0.496 e. The van der Waals surface area contributed by atoms with Crippen LogP contribution >= 0.6 is 0 Å². The Bertz CT molecular complexity index is 1280. The molecule has 10 heteroatoms. The second-order valence-corrected chi connectivity index (χ2v) is 13.1. The van der Waals surface area contributed by atoms with Crippen LogP contribution in [0.15, 0.2) is 18.2 Å². The Morgan fingerprint density at radius 1 is 1.20 bits per heavy atom.